The van der Waals surface area contributed by atoms with Gasteiger partial charge in [-0.2, -0.15) is 0 Å². The van der Waals surface area contributed by atoms with Gasteiger partial charge in [0.1, 0.15) is 0 Å². The number of hydrogen-bond donors (Lipinski definition) is 1. The summed E-state index contributed by atoms with van der Waals surface area (Å²) < 4.78 is 6.11. The maximum absolute atomic E-state index is 12.1. The van der Waals surface area contributed by atoms with E-state index in [9.17, 15) is 4.79 Å². The van der Waals surface area contributed by atoms with E-state index in [0.29, 0.717) is 13.2 Å². The molecule has 4 heteroatoms. The number of carbonyl (C=O) groups excluding carboxylic acids is 1. The van der Waals surface area contributed by atoms with Gasteiger partial charge in [0.2, 0.25) is 5.91 Å². The van der Waals surface area contributed by atoms with Crippen molar-refractivity contribution in [3.8, 4) is 0 Å². The van der Waals surface area contributed by atoms with Crippen LogP contribution in [0.25, 0.3) is 0 Å². The molecule has 0 saturated heterocycles. The molecule has 0 aliphatic carbocycles. The predicted molar refractivity (Wildman–Crippen MR) is 105 cm³/mol. The number of benzene rings is 1. The van der Waals surface area contributed by atoms with Crippen LogP contribution in [0.2, 0.25) is 18.1 Å². The largest absolute Gasteiger partial charge is 0.417 e. The predicted octanol–water partition coefficient (Wildman–Crippen LogP) is 4.70. The summed E-state index contributed by atoms with van der Waals surface area (Å²) in [5, 5.41) is 3.20. The number of hydrogen-bond acceptors (Lipinski definition) is 2. The van der Waals surface area contributed by atoms with Crippen molar-refractivity contribution in [3.63, 3.8) is 0 Å². The zero-order valence-electron chi connectivity index (χ0n) is 16.1. The van der Waals surface area contributed by atoms with Gasteiger partial charge in [0.05, 0.1) is 0 Å². The lowest BCUT2D eigenvalue weighted by atomic mass is 10.1. The third-order valence-corrected chi connectivity index (χ3v) is 9.26. The quantitative estimate of drug-likeness (QED) is 0.420. The van der Waals surface area contributed by atoms with Crippen molar-refractivity contribution < 1.29 is 9.22 Å². The lowest BCUT2D eigenvalue weighted by Gasteiger charge is -2.36. The van der Waals surface area contributed by atoms with E-state index in [4.69, 9.17) is 4.43 Å². The molecule has 0 aliphatic heterocycles. The molecule has 0 bridgehead atoms. The molecule has 0 aliphatic rings. The maximum atomic E-state index is 12.1. The van der Waals surface area contributed by atoms with Gasteiger partial charge in [-0.3, -0.25) is 4.79 Å². The molecule has 24 heavy (non-hydrogen) atoms. The summed E-state index contributed by atoms with van der Waals surface area (Å²) in [6, 6.07) is 10.2. The molecular weight excluding hydrogens is 314 g/mol. The Kier molecular flexibility index (Phi) is 7.90. The van der Waals surface area contributed by atoms with E-state index in [-0.39, 0.29) is 10.9 Å². The Morgan fingerprint density at radius 1 is 1.21 bits per heavy atom. The molecule has 0 unspecified atom stereocenters. The number of allylic oxidation sites excluding steroid dienone is 1. The lowest BCUT2D eigenvalue weighted by Crippen LogP contribution is -2.41. The smallest absolute Gasteiger partial charge is 0.246 e. The molecule has 0 fully saturated rings. The highest BCUT2D eigenvalue weighted by Gasteiger charge is 2.36. The number of amides is 1. The summed E-state index contributed by atoms with van der Waals surface area (Å²) in [6.07, 6.45) is 3.62. The van der Waals surface area contributed by atoms with E-state index in [1.807, 2.05) is 31.2 Å². The molecule has 1 aromatic carbocycles. The monoisotopic (exact) mass is 347 g/mol. The highest BCUT2D eigenvalue weighted by atomic mass is 28.4. The zero-order chi connectivity index (χ0) is 18.2. The first-order valence-corrected chi connectivity index (χ1v) is 11.7. The number of nitrogens with one attached hydrogen (secondary N) is 1. The minimum atomic E-state index is -1.68. The molecule has 0 spiro atoms. The van der Waals surface area contributed by atoms with Crippen molar-refractivity contribution in [1.29, 1.82) is 0 Å². The summed E-state index contributed by atoms with van der Waals surface area (Å²) in [5.74, 6) is 0.0123. The first kappa shape index (κ1) is 20.7. The summed E-state index contributed by atoms with van der Waals surface area (Å²) in [6.45, 7) is 14.5. The molecule has 134 valence electrons. The van der Waals surface area contributed by atoms with Gasteiger partial charge in [-0.1, -0.05) is 57.2 Å². The van der Waals surface area contributed by atoms with E-state index in [1.165, 1.54) is 5.56 Å². The van der Waals surface area contributed by atoms with Gasteiger partial charge < -0.3 is 9.74 Å². The van der Waals surface area contributed by atoms with Gasteiger partial charge >= 0.3 is 0 Å². The zero-order valence-corrected chi connectivity index (χ0v) is 17.1. The Balaban J connectivity index is 2.28. The standard InChI is InChI=1S/C20H33NO2Si/c1-17(13-14-18-11-8-7-9-12-18)19(22)21-15-10-16-23-24(5,6)20(2,3)4/h7-9,11-13H,10,14-16H2,1-6H3,(H,21,22)/b17-13+. The molecule has 1 aromatic rings. The second-order valence-electron chi connectivity index (χ2n) is 7.80. The highest BCUT2D eigenvalue weighted by Crippen LogP contribution is 2.36. The molecule has 0 atom stereocenters. The summed E-state index contributed by atoms with van der Waals surface area (Å²) in [5.41, 5.74) is 1.98. The summed E-state index contributed by atoms with van der Waals surface area (Å²) in [7, 11) is -1.68. The number of carbonyl (C=O) groups is 1. The van der Waals surface area contributed by atoms with Crippen LogP contribution in [0, 0.1) is 0 Å². The minimum Gasteiger partial charge on any atom is -0.417 e. The molecule has 0 saturated carbocycles. The van der Waals surface area contributed by atoms with Crippen LogP contribution in [-0.2, 0) is 15.6 Å². The van der Waals surface area contributed by atoms with E-state index in [2.05, 4.69) is 51.3 Å². The normalized spacial score (nSPS) is 13.0. The molecule has 1 rings (SSSR count). The second kappa shape index (κ2) is 9.18. The second-order valence-corrected chi connectivity index (χ2v) is 12.6. The van der Waals surface area contributed by atoms with Crippen molar-refractivity contribution in [1.82, 2.24) is 5.32 Å². The average molecular weight is 348 g/mol. The van der Waals surface area contributed by atoms with E-state index in [1.54, 1.807) is 0 Å². The maximum Gasteiger partial charge on any atom is 0.246 e. The minimum absolute atomic E-state index is 0.0123. The topological polar surface area (TPSA) is 38.3 Å². The van der Waals surface area contributed by atoms with Gasteiger partial charge in [0, 0.05) is 18.7 Å². The first-order valence-electron chi connectivity index (χ1n) is 8.76. The van der Waals surface area contributed by atoms with E-state index >= 15 is 0 Å². The summed E-state index contributed by atoms with van der Waals surface area (Å²) >= 11 is 0. The molecular formula is C20H33NO2Si. The van der Waals surface area contributed by atoms with Gasteiger partial charge in [-0.15, -0.1) is 0 Å². The fraction of sp³-hybridized carbons (Fsp3) is 0.550. The van der Waals surface area contributed by atoms with E-state index in [0.717, 1.165) is 18.4 Å². The van der Waals surface area contributed by atoms with Crippen molar-refractivity contribution in [2.24, 2.45) is 0 Å². The highest BCUT2D eigenvalue weighted by molar-refractivity contribution is 6.74. The van der Waals surface area contributed by atoms with Gasteiger partial charge in [-0.05, 0) is 43.5 Å². The van der Waals surface area contributed by atoms with Crippen LogP contribution in [0.1, 0.15) is 39.7 Å². The van der Waals surface area contributed by atoms with Crippen LogP contribution < -0.4 is 5.32 Å². The van der Waals surface area contributed by atoms with Gasteiger partial charge in [0.15, 0.2) is 8.32 Å². The third-order valence-electron chi connectivity index (χ3n) is 4.72. The lowest BCUT2D eigenvalue weighted by molar-refractivity contribution is -0.117. The van der Waals surface area contributed by atoms with E-state index < -0.39 is 8.32 Å². The average Bonchev–Trinajstić information content (AvgIpc) is 2.51. The Hall–Kier alpha value is -1.39. The summed E-state index contributed by atoms with van der Waals surface area (Å²) in [4.78, 5) is 12.1. The van der Waals surface area contributed by atoms with Gasteiger partial charge in [-0.25, -0.2) is 0 Å². The Morgan fingerprint density at radius 2 is 1.83 bits per heavy atom. The SMILES string of the molecule is C/C(=C\Cc1ccccc1)C(=O)NCCCO[Si](C)(C)C(C)(C)C. The molecule has 0 aromatic heterocycles. The molecule has 3 nitrogen and oxygen atoms in total. The van der Waals surface area contributed by atoms with Crippen LogP contribution in [0.3, 0.4) is 0 Å². The molecule has 0 heterocycles. The molecule has 0 radical (unpaired) electrons. The Labute approximate surface area is 148 Å². The fourth-order valence-corrected chi connectivity index (χ4v) is 3.02. The third kappa shape index (κ3) is 7.01. The molecule has 1 amide bonds. The van der Waals surface area contributed by atoms with Crippen molar-refractivity contribution in [2.75, 3.05) is 13.2 Å². The van der Waals surface area contributed by atoms with Crippen molar-refractivity contribution >= 4 is 14.2 Å². The van der Waals surface area contributed by atoms with Crippen LogP contribution in [0.15, 0.2) is 42.0 Å². The van der Waals surface area contributed by atoms with Crippen molar-refractivity contribution in [3.05, 3.63) is 47.5 Å². The Bertz CT molecular complexity index is 545. The Morgan fingerprint density at radius 3 is 2.42 bits per heavy atom. The molecule has 1 N–H and O–H groups in total. The fourth-order valence-electron chi connectivity index (χ4n) is 1.94. The first-order chi connectivity index (χ1) is 11.1. The van der Waals surface area contributed by atoms with Crippen LogP contribution >= 0.6 is 0 Å². The number of rotatable bonds is 8. The van der Waals surface area contributed by atoms with Gasteiger partial charge in [0.25, 0.3) is 0 Å². The van der Waals surface area contributed by atoms with Crippen LogP contribution in [0.4, 0.5) is 0 Å². The van der Waals surface area contributed by atoms with Crippen molar-refractivity contribution in [2.45, 2.75) is 58.7 Å². The van der Waals surface area contributed by atoms with Crippen LogP contribution in [0.5, 0.6) is 0 Å². The van der Waals surface area contributed by atoms with Crippen LogP contribution in [-0.4, -0.2) is 27.4 Å².